The van der Waals surface area contributed by atoms with Crippen LogP contribution in [0.4, 0.5) is 0 Å². The third-order valence-corrected chi connectivity index (χ3v) is 2.79. The van der Waals surface area contributed by atoms with E-state index in [0.717, 1.165) is 5.56 Å². The third-order valence-electron chi connectivity index (χ3n) is 2.79. The summed E-state index contributed by atoms with van der Waals surface area (Å²) >= 11 is 0. The van der Waals surface area contributed by atoms with Crippen molar-refractivity contribution in [2.75, 3.05) is 26.3 Å². The molecule has 0 saturated heterocycles. The fourth-order valence-corrected chi connectivity index (χ4v) is 1.89. The largest absolute Gasteiger partial charge is 0.486 e. The summed E-state index contributed by atoms with van der Waals surface area (Å²) in [7, 11) is 0. The van der Waals surface area contributed by atoms with Gasteiger partial charge in [-0.15, -0.1) is 0 Å². The van der Waals surface area contributed by atoms with E-state index in [9.17, 15) is 9.59 Å². The van der Waals surface area contributed by atoms with Gasteiger partial charge >= 0.3 is 0 Å². The van der Waals surface area contributed by atoms with Gasteiger partial charge in [-0.2, -0.15) is 0 Å². The quantitative estimate of drug-likeness (QED) is 0.757. The van der Waals surface area contributed by atoms with Gasteiger partial charge in [-0.05, 0) is 17.7 Å². The number of carbonyl (C=O) groups excluding carboxylic acids is 2. The number of fused-ring (bicyclic) bond motifs is 1. The molecule has 108 valence electrons. The molecule has 2 rings (SSSR count). The van der Waals surface area contributed by atoms with Crippen LogP contribution in [0.1, 0.15) is 12.5 Å². The van der Waals surface area contributed by atoms with E-state index in [4.69, 9.17) is 9.47 Å². The van der Waals surface area contributed by atoms with Crippen molar-refractivity contribution in [1.82, 2.24) is 10.6 Å². The zero-order valence-corrected chi connectivity index (χ0v) is 11.4. The van der Waals surface area contributed by atoms with Gasteiger partial charge in [-0.25, -0.2) is 0 Å². The highest BCUT2D eigenvalue weighted by Crippen LogP contribution is 2.30. The molecule has 1 aliphatic rings. The summed E-state index contributed by atoms with van der Waals surface area (Å²) in [4.78, 5) is 22.4. The summed E-state index contributed by atoms with van der Waals surface area (Å²) in [6, 6.07) is 5.48. The summed E-state index contributed by atoms with van der Waals surface area (Å²) in [5.74, 6) is 1.20. The maximum Gasteiger partial charge on any atom is 0.224 e. The Morgan fingerprint density at radius 2 is 1.80 bits per heavy atom. The lowest BCUT2D eigenvalue weighted by Crippen LogP contribution is -2.34. The molecule has 6 heteroatoms. The number of ether oxygens (including phenoxy) is 2. The van der Waals surface area contributed by atoms with Gasteiger partial charge in [0.1, 0.15) is 13.2 Å². The monoisotopic (exact) mass is 278 g/mol. The van der Waals surface area contributed by atoms with Crippen LogP contribution in [0.3, 0.4) is 0 Å². The molecule has 1 aromatic rings. The lowest BCUT2D eigenvalue weighted by molar-refractivity contribution is -0.121. The van der Waals surface area contributed by atoms with Crippen LogP contribution in [-0.4, -0.2) is 38.1 Å². The molecular formula is C14H18N2O4. The van der Waals surface area contributed by atoms with Crippen molar-refractivity contribution in [3.8, 4) is 11.5 Å². The number of hydrogen-bond acceptors (Lipinski definition) is 4. The fraction of sp³-hybridized carbons (Fsp3) is 0.429. The number of carbonyl (C=O) groups is 2. The molecule has 0 spiro atoms. The Hall–Kier alpha value is -2.24. The average molecular weight is 278 g/mol. The Kier molecular flexibility index (Phi) is 4.81. The predicted molar refractivity (Wildman–Crippen MR) is 72.8 cm³/mol. The Morgan fingerprint density at radius 3 is 2.55 bits per heavy atom. The number of nitrogens with one attached hydrogen (secondary N) is 2. The van der Waals surface area contributed by atoms with Gasteiger partial charge in [0.2, 0.25) is 11.8 Å². The number of amides is 2. The molecule has 0 unspecified atom stereocenters. The Bertz CT molecular complexity index is 502. The molecule has 0 atom stereocenters. The summed E-state index contributed by atoms with van der Waals surface area (Å²) in [5, 5.41) is 5.36. The van der Waals surface area contributed by atoms with Crippen LogP contribution in [-0.2, 0) is 16.0 Å². The highest BCUT2D eigenvalue weighted by molar-refractivity contribution is 5.79. The first-order valence-corrected chi connectivity index (χ1v) is 6.55. The smallest absolute Gasteiger partial charge is 0.224 e. The van der Waals surface area contributed by atoms with Crippen LogP contribution in [0.2, 0.25) is 0 Å². The van der Waals surface area contributed by atoms with Crippen molar-refractivity contribution in [2.45, 2.75) is 13.3 Å². The summed E-state index contributed by atoms with van der Waals surface area (Å²) in [6.45, 7) is 3.37. The van der Waals surface area contributed by atoms with Gasteiger partial charge in [0, 0.05) is 20.0 Å². The molecule has 1 heterocycles. The van der Waals surface area contributed by atoms with Gasteiger partial charge in [0.05, 0.1) is 6.42 Å². The van der Waals surface area contributed by atoms with Crippen LogP contribution in [0, 0.1) is 0 Å². The molecule has 1 aliphatic heterocycles. The van der Waals surface area contributed by atoms with Crippen molar-refractivity contribution < 1.29 is 19.1 Å². The Balaban J connectivity index is 1.80. The van der Waals surface area contributed by atoms with E-state index in [2.05, 4.69) is 10.6 Å². The maximum absolute atomic E-state index is 11.7. The topological polar surface area (TPSA) is 76.7 Å². The van der Waals surface area contributed by atoms with E-state index in [1.54, 1.807) is 0 Å². The molecular weight excluding hydrogens is 260 g/mol. The first kappa shape index (κ1) is 14.2. The zero-order valence-electron chi connectivity index (χ0n) is 11.4. The van der Waals surface area contributed by atoms with E-state index in [1.807, 2.05) is 18.2 Å². The van der Waals surface area contributed by atoms with E-state index in [1.165, 1.54) is 6.92 Å². The van der Waals surface area contributed by atoms with Crippen molar-refractivity contribution in [3.63, 3.8) is 0 Å². The second-order valence-corrected chi connectivity index (χ2v) is 4.49. The van der Waals surface area contributed by atoms with Crippen molar-refractivity contribution in [2.24, 2.45) is 0 Å². The molecule has 0 aromatic heterocycles. The second kappa shape index (κ2) is 6.79. The first-order chi connectivity index (χ1) is 9.65. The van der Waals surface area contributed by atoms with Crippen LogP contribution in [0.15, 0.2) is 18.2 Å². The van der Waals surface area contributed by atoms with Gasteiger partial charge in [-0.3, -0.25) is 9.59 Å². The van der Waals surface area contributed by atoms with Crippen molar-refractivity contribution in [1.29, 1.82) is 0 Å². The molecule has 1 aromatic carbocycles. The van der Waals surface area contributed by atoms with E-state index in [0.29, 0.717) is 37.8 Å². The Morgan fingerprint density at radius 1 is 1.10 bits per heavy atom. The minimum Gasteiger partial charge on any atom is -0.486 e. The standard InChI is InChI=1S/C14H18N2O4/c1-10(17)15-4-5-16-14(18)9-11-2-3-12-13(8-11)20-7-6-19-12/h2-3,8H,4-7,9H2,1H3,(H,15,17)(H,16,18). The van der Waals surface area contributed by atoms with Gasteiger partial charge in [-0.1, -0.05) is 6.07 Å². The molecule has 0 bridgehead atoms. The normalized spacial score (nSPS) is 12.7. The average Bonchev–Trinajstić information content (AvgIpc) is 2.43. The molecule has 0 saturated carbocycles. The zero-order chi connectivity index (χ0) is 14.4. The highest BCUT2D eigenvalue weighted by atomic mass is 16.6. The minimum atomic E-state index is -0.105. The fourth-order valence-electron chi connectivity index (χ4n) is 1.89. The Labute approximate surface area is 117 Å². The summed E-state index contributed by atoms with van der Waals surface area (Å²) < 4.78 is 10.9. The number of benzene rings is 1. The third kappa shape index (κ3) is 4.15. The number of hydrogen-bond donors (Lipinski definition) is 2. The summed E-state index contributed by atoms with van der Waals surface area (Å²) in [5.41, 5.74) is 0.867. The van der Waals surface area contributed by atoms with E-state index in [-0.39, 0.29) is 18.2 Å². The van der Waals surface area contributed by atoms with E-state index >= 15 is 0 Å². The van der Waals surface area contributed by atoms with Crippen LogP contribution >= 0.6 is 0 Å². The van der Waals surface area contributed by atoms with Crippen molar-refractivity contribution >= 4 is 11.8 Å². The van der Waals surface area contributed by atoms with Crippen LogP contribution < -0.4 is 20.1 Å². The summed E-state index contributed by atoms with van der Waals surface area (Å²) in [6.07, 6.45) is 0.275. The highest BCUT2D eigenvalue weighted by Gasteiger charge is 2.12. The molecule has 2 amide bonds. The van der Waals surface area contributed by atoms with Gasteiger partial charge in [0.15, 0.2) is 11.5 Å². The van der Waals surface area contributed by atoms with Crippen molar-refractivity contribution in [3.05, 3.63) is 23.8 Å². The van der Waals surface area contributed by atoms with Crippen LogP contribution in [0.25, 0.3) is 0 Å². The SMILES string of the molecule is CC(=O)NCCNC(=O)Cc1ccc2c(c1)OCCO2. The minimum absolute atomic E-state index is 0.0907. The molecule has 6 nitrogen and oxygen atoms in total. The maximum atomic E-state index is 11.7. The first-order valence-electron chi connectivity index (χ1n) is 6.55. The molecule has 0 aliphatic carbocycles. The molecule has 20 heavy (non-hydrogen) atoms. The molecule has 2 N–H and O–H groups in total. The van der Waals surface area contributed by atoms with E-state index < -0.39 is 0 Å². The molecule has 0 fully saturated rings. The molecule has 0 radical (unpaired) electrons. The van der Waals surface area contributed by atoms with Gasteiger partial charge in [0.25, 0.3) is 0 Å². The predicted octanol–water partition coefficient (Wildman–Crippen LogP) is 0.253. The lowest BCUT2D eigenvalue weighted by Gasteiger charge is -2.18. The number of rotatable bonds is 5. The van der Waals surface area contributed by atoms with Gasteiger partial charge < -0.3 is 20.1 Å². The van der Waals surface area contributed by atoms with Crippen LogP contribution in [0.5, 0.6) is 11.5 Å². The second-order valence-electron chi connectivity index (χ2n) is 4.49. The lowest BCUT2D eigenvalue weighted by atomic mass is 10.1.